The molecule has 2 aromatic carbocycles. The second-order valence-corrected chi connectivity index (χ2v) is 6.89. The van der Waals surface area contributed by atoms with E-state index in [1.165, 1.54) is 0 Å². The number of hydrogen-bond donors (Lipinski definition) is 1. The van der Waals surface area contributed by atoms with E-state index in [1.807, 2.05) is 65.6 Å². The summed E-state index contributed by atoms with van der Waals surface area (Å²) in [4.78, 5) is 29.2. The first-order chi connectivity index (χ1) is 13.2. The number of nitrogens with one attached hydrogen (secondary N) is 1. The van der Waals surface area contributed by atoms with Crippen LogP contribution < -0.4 is 5.32 Å². The zero-order valence-electron chi connectivity index (χ0n) is 15.8. The number of hydrogen-bond acceptors (Lipinski definition) is 3. The number of rotatable bonds is 6. The fourth-order valence-corrected chi connectivity index (χ4v) is 3.51. The largest absolute Gasteiger partial charge is 0.340 e. The molecule has 1 aliphatic rings. The van der Waals surface area contributed by atoms with Crippen molar-refractivity contribution in [2.75, 3.05) is 38.0 Å². The molecule has 1 atom stereocenters. The molecule has 27 heavy (non-hydrogen) atoms. The summed E-state index contributed by atoms with van der Waals surface area (Å²) in [7, 11) is 0. The van der Waals surface area contributed by atoms with Crippen molar-refractivity contribution < 1.29 is 9.59 Å². The van der Waals surface area contributed by atoms with Crippen molar-refractivity contribution in [1.29, 1.82) is 0 Å². The summed E-state index contributed by atoms with van der Waals surface area (Å²) in [5.74, 6) is 0.0907. The van der Waals surface area contributed by atoms with Crippen LogP contribution >= 0.6 is 0 Å². The number of nitrogens with zero attached hydrogens (tertiary/aromatic N) is 2. The maximum Gasteiger partial charge on any atom is 0.238 e. The van der Waals surface area contributed by atoms with E-state index in [4.69, 9.17) is 0 Å². The van der Waals surface area contributed by atoms with Gasteiger partial charge in [0.1, 0.15) is 0 Å². The molecule has 2 amide bonds. The molecule has 0 aliphatic carbocycles. The number of para-hydroxylation sites is 1. The van der Waals surface area contributed by atoms with Crippen molar-refractivity contribution in [2.24, 2.45) is 0 Å². The third-order valence-corrected chi connectivity index (χ3v) is 5.02. The molecule has 2 aromatic rings. The molecule has 0 aromatic heterocycles. The second-order valence-electron chi connectivity index (χ2n) is 6.89. The summed E-state index contributed by atoms with van der Waals surface area (Å²) in [6, 6.07) is 19.5. The minimum atomic E-state index is -0.0841. The molecular formula is C22H27N3O2. The molecular weight excluding hydrogens is 338 g/mol. The third kappa shape index (κ3) is 5.17. The number of carbonyl (C=O) groups is 2. The van der Waals surface area contributed by atoms with E-state index < -0.39 is 0 Å². The second kappa shape index (κ2) is 9.33. The summed E-state index contributed by atoms with van der Waals surface area (Å²) in [5.41, 5.74) is 1.89. The Morgan fingerprint density at radius 3 is 2.11 bits per heavy atom. The highest BCUT2D eigenvalue weighted by Gasteiger charge is 2.27. The lowest BCUT2D eigenvalue weighted by molar-refractivity contribution is -0.134. The van der Waals surface area contributed by atoms with Crippen LogP contribution in [0.2, 0.25) is 0 Å². The van der Waals surface area contributed by atoms with Crippen LogP contribution in [0.5, 0.6) is 0 Å². The van der Waals surface area contributed by atoms with Crippen LogP contribution in [-0.4, -0.2) is 54.3 Å². The maximum absolute atomic E-state index is 12.9. The minimum Gasteiger partial charge on any atom is -0.340 e. The van der Waals surface area contributed by atoms with Crippen LogP contribution in [-0.2, 0) is 9.59 Å². The quantitative estimate of drug-likeness (QED) is 0.856. The van der Waals surface area contributed by atoms with Gasteiger partial charge < -0.3 is 10.2 Å². The lowest BCUT2D eigenvalue weighted by Crippen LogP contribution is -2.51. The molecule has 1 aliphatic heterocycles. The molecule has 3 rings (SSSR count). The Labute approximate surface area is 161 Å². The van der Waals surface area contributed by atoms with Crippen LogP contribution in [0, 0.1) is 0 Å². The zero-order chi connectivity index (χ0) is 19.1. The first kappa shape index (κ1) is 19.1. The summed E-state index contributed by atoms with van der Waals surface area (Å²) in [6.45, 7) is 5.19. The topological polar surface area (TPSA) is 52.7 Å². The summed E-state index contributed by atoms with van der Waals surface area (Å²) < 4.78 is 0. The van der Waals surface area contributed by atoms with Gasteiger partial charge in [-0.05, 0) is 24.1 Å². The molecule has 0 bridgehead atoms. The first-order valence-electron chi connectivity index (χ1n) is 9.58. The standard InChI is InChI=1S/C22H27N3O2/c1-2-20(18-9-5-3-6-10-18)22(27)25-15-13-24(14-16-25)17-21(26)23-19-11-7-4-8-12-19/h3-12,20H,2,13-17H2,1H3,(H,23,26). The minimum absolute atomic E-state index is 0.0169. The van der Waals surface area contributed by atoms with Gasteiger partial charge in [-0.3, -0.25) is 14.5 Å². The number of amides is 2. The van der Waals surface area contributed by atoms with Gasteiger partial charge in [0, 0.05) is 31.9 Å². The van der Waals surface area contributed by atoms with Gasteiger partial charge in [-0.2, -0.15) is 0 Å². The Morgan fingerprint density at radius 1 is 0.926 bits per heavy atom. The van der Waals surface area contributed by atoms with Crippen molar-refractivity contribution >= 4 is 17.5 Å². The molecule has 142 valence electrons. The van der Waals surface area contributed by atoms with Gasteiger partial charge in [0.15, 0.2) is 0 Å². The summed E-state index contributed by atoms with van der Waals surface area (Å²) in [5, 5.41) is 2.91. The fraction of sp³-hybridized carbons (Fsp3) is 0.364. The first-order valence-corrected chi connectivity index (χ1v) is 9.58. The van der Waals surface area contributed by atoms with E-state index in [0.717, 1.165) is 30.8 Å². The van der Waals surface area contributed by atoms with Crippen molar-refractivity contribution in [1.82, 2.24) is 9.80 Å². The average Bonchev–Trinajstić information content (AvgIpc) is 2.70. The Bertz CT molecular complexity index is 741. The molecule has 0 radical (unpaired) electrons. The third-order valence-electron chi connectivity index (χ3n) is 5.02. The Balaban J connectivity index is 1.49. The summed E-state index contributed by atoms with van der Waals surface area (Å²) >= 11 is 0. The van der Waals surface area contributed by atoms with Crippen molar-refractivity contribution in [2.45, 2.75) is 19.3 Å². The molecule has 1 heterocycles. The van der Waals surface area contributed by atoms with Gasteiger partial charge in [0.05, 0.1) is 12.5 Å². The Hall–Kier alpha value is -2.66. The smallest absolute Gasteiger partial charge is 0.238 e. The highest BCUT2D eigenvalue weighted by atomic mass is 16.2. The Morgan fingerprint density at radius 2 is 1.52 bits per heavy atom. The molecule has 1 saturated heterocycles. The number of anilines is 1. The van der Waals surface area contributed by atoms with E-state index in [0.29, 0.717) is 19.6 Å². The zero-order valence-corrected chi connectivity index (χ0v) is 15.8. The predicted octanol–water partition coefficient (Wildman–Crippen LogP) is 2.96. The lowest BCUT2D eigenvalue weighted by Gasteiger charge is -2.36. The van der Waals surface area contributed by atoms with Crippen LogP contribution in [0.1, 0.15) is 24.8 Å². The van der Waals surface area contributed by atoms with Crippen LogP contribution in [0.15, 0.2) is 60.7 Å². The predicted molar refractivity (Wildman–Crippen MR) is 108 cm³/mol. The van der Waals surface area contributed by atoms with Gasteiger partial charge in [0.25, 0.3) is 0 Å². The SMILES string of the molecule is CCC(C(=O)N1CCN(CC(=O)Nc2ccccc2)CC1)c1ccccc1. The molecule has 5 heteroatoms. The van der Waals surface area contributed by atoms with E-state index in [-0.39, 0.29) is 17.7 Å². The average molecular weight is 365 g/mol. The van der Waals surface area contributed by atoms with Crippen LogP contribution in [0.4, 0.5) is 5.69 Å². The number of carbonyl (C=O) groups excluding carboxylic acids is 2. The molecule has 0 saturated carbocycles. The van der Waals surface area contributed by atoms with E-state index >= 15 is 0 Å². The molecule has 1 fully saturated rings. The van der Waals surface area contributed by atoms with E-state index in [9.17, 15) is 9.59 Å². The summed E-state index contributed by atoms with van der Waals surface area (Å²) in [6.07, 6.45) is 0.794. The number of piperazine rings is 1. The van der Waals surface area contributed by atoms with Crippen LogP contribution in [0.25, 0.3) is 0 Å². The molecule has 5 nitrogen and oxygen atoms in total. The maximum atomic E-state index is 12.9. The van der Waals surface area contributed by atoms with E-state index in [2.05, 4.69) is 17.1 Å². The van der Waals surface area contributed by atoms with Gasteiger partial charge in [-0.15, -0.1) is 0 Å². The van der Waals surface area contributed by atoms with Crippen molar-refractivity contribution in [3.63, 3.8) is 0 Å². The normalized spacial score (nSPS) is 16.0. The lowest BCUT2D eigenvalue weighted by atomic mass is 9.95. The van der Waals surface area contributed by atoms with Crippen molar-refractivity contribution in [3.8, 4) is 0 Å². The number of benzene rings is 2. The molecule has 1 N–H and O–H groups in total. The fourth-order valence-electron chi connectivity index (χ4n) is 3.51. The van der Waals surface area contributed by atoms with Gasteiger partial charge in [-0.25, -0.2) is 0 Å². The monoisotopic (exact) mass is 365 g/mol. The van der Waals surface area contributed by atoms with Crippen LogP contribution in [0.3, 0.4) is 0 Å². The van der Waals surface area contributed by atoms with Gasteiger partial charge in [0.2, 0.25) is 11.8 Å². The highest BCUT2D eigenvalue weighted by Crippen LogP contribution is 2.22. The van der Waals surface area contributed by atoms with E-state index in [1.54, 1.807) is 0 Å². The molecule has 0 spiro atoms. The Kier molecular flexibility index (Phi) is 6.60. The van der Waals surface area contributed by atoms with Gasteiger partial charge >= 0.3 is 0 Å². The highest BCUT2D eigenvalue weighted by molar-refractivity contribution is 5.92. The van der Waals surface area contributed by atoms with Gasteiger partial charge in [-0.1, -0.05) is 55.5 Å². The molecule has 1 unspecified atom stereocenters. The van der Waals surface area contributed by atoms with Crippen molar-refractivity contribution in [3.05, 3.63) is 66.2 Å².